The van der Waals surface area contributed by atoms with Crippen molar-refractivity contribution in [2.24, 2.45) is 0 Å². The smallest absolute Gasteiger partial charge is 0.259 e. The van der Waals surface area contributed by atoms with Crippen LogP contribution in [0, 0.1) is 0 Å². The Morgan fingerprint density at radius 1 is 1.42 bits per heavy atom. The van der Waals surface area contributed by atoms with Crippen LogP contribution in [-0.4, -0.2) is 56.8 Å². The second-order valence-corrected chi connectivity index (χ2v) is 4.23. The van der Waals surface area contributed by atoms with Crippen LogP contribution < -0.4 is 10.1 Å². The third kappa shape index (κ3) is 6.17. The van der Waals surface area contributed by atoms with E-state index in [1.807, 2.05) is 12.1 Å². The molecule has 1 amide bonds. The van der Waals surface area contributed by atoms with Gasteiger partial charge in [0.25, 0.3) is 5.91 Å². The molecule has 0 aliphatic heterocycles. The molecule has 6 nitrogen and oxygen atoms in total. The number of amides is 1. The summed E-state index contributed by atoms with van der Waals surface area (Å²) in [6.45, 7) is 2.17. The van der Waals surface area contributed by atoms with E-state index in [0.717, 1.165) is 12.2 Å². The molecule has 1 rings (SSSR count). The lowest BCUT2D eigenvalue weighted by atomic mass is 10.3. The van der Waals surface area contributed by atoms with Gasteiger partial charge >= 0.3 is 0 Å². The maximum atomic E-state index is 11.3. The second kappa shape index (κ2) is 8.44. The van der Waals surface area contributed by atoms with E-state index in [0.29, 0.717) is 18.9 Å². The molecule has 106 valence electrons. The first-order valence-electron chi connectivity index (χ1n) is 6.11. The molecule has 0 saturated heterocycles. The molecule has 0 radical (unpaired) electrons. The summed E-state index contributed by atoms with van der Waals surface area (Å²) in [6, 6.07) is 3.68. The van der Waals surface area contributed by atoms with Crippen LogP contribution in [0.25, 0.3) is 0 Å². The third-order valence-electron chi connectivity index (χ3n) is 2.45. The molecule has 0 spiro atoms. The van der Waals surface area contributed by atoms with Crippen LogP contribution in [-0.2, 0) is 16.1 Å². The van der Waals surface area contributed by atoms with Gasteiger partial charge in [0.2, 0.25) is 0 Å². The predicted molar refractivity (Wildman–Crippen MR) is 72.0 cm³/mol. The number of carbonyl (C=O) groups is 1. The van der Waals surface area contributed by atoms with Crippen molar-refractivity contribution >= 4 is 5.91 Å². The summed E-state index contributed by atoms with van der Waals surface area (Å²) in [5.41, 5.74) is 0.919. The molecular formula is C13H21N3O3. The van der Waals surface area contributed by atoms with E-state index in [9.17, 15) is 4.79 Å². The zero-order valence-electron chi connectivity index (χ0n) is 11.7. The van der Waals surface area contributed by atoms with Crippen LogP contribution in [0.2, 0.25) is 0 Å². The predicted octanol–water partition coefficient (Wildman–Crippen LogP) is 0.285. The van der Waals surface area contributed by atoms with Gasteiger partial charge in [-0.1, -0.05) is 0 Å². The molecule has 6 heteroatoms. The zero-order chi connectivity index (χ0) is 14.1. The third-order valence-corrected chi connectivity index (χ3v) is 2.45. The molecule has 0 bridgehead atoms. The van der Waals surface area contributed by atoms with E-state index in [-0.39, 0.29) is 12.5 Å². The van der Waals surface area contributed by atoms with Crippen molar-refractivity contribution in [2.75, 3.05) is 41.0 Å². The molecule has 0 aliphatic rings. The Labute approximate surface area is 113 Å². The van der Waals surface area contributed by atoms with E-state index < -0.39 is 0 Å². The molecule has 1 heterocycles. The van der Waals surface area contributed by atoms with Gasteiger partial charge in [-0.2, -0.15) is 0 Å². The van der Waals surface area contributed by atoms with E-state index in [1.165, 1.54) is 4.90 Å². The summed E-state index contributed by atoms with van der Waals surface area (Å²) in [5.74, 6) is 0.515. The van der Waals surface area contributed by atoms with Crippen LogP contribution in [0.3, 0.4) is 0 Å². The Balaban J connectivity index is 2.33. The molecule has 1 aromatic heterocycles. The highest BCUT2D eigenvalue weighted by Gasteiger charge is 2.05. The number of hydrogen-bond donors (Lipinski definition) is 1. The topological polar surface area (TPSA) is 63.7 Å². The fraction of sp³-hybridized carbons (Fsp3) is 0.538. The maximum Gasteiger partial charge on any atom is 0.259 e. The summed E-state index contributed by atoms with van der Waals surface area (Å²) in [4.78, 5) is 17.1. The van der Waals surface area contributed by atoms with Crippen molar-refractivity contribution in [2.45, 2.75) is 6.54 Å². The van der Waals surface area contributed by atoms with Gasteiger partial charge in [-0.15, -0.1) is 0 Å². The number of ether oxygens (including phenoxy) is 2. The van der Waals surface area contributed by atoms with Crippen molar-refractivity contribution < 1.29 is 14.3 Å². The van der Waals surface area contributed by atoms with E-state index >= 15 is 0 Å². The first-order valence-corrected chi connectivity index (χ1v) is 6.11. The molecule has 1 N–H and O–H groups in total. The van der Waals surface area contributed by atoms with Gasteiger partial charge < -0.3 is 19.7 Å². The Morgan fingerprint density at radius 3 is 2.79 bits per heavy atom. The number of carbonyl (C=O) groups excluding carboxylic acids is 1. The standard InChI is InChI=1S/C13H21N3O3/c1-16(2)13(17)10-19-12-5-4-11(15-9-12)8-14-6-7-18-3/h4-5,9,14H,6-8,10H2,1-3H3. The minimum atomic E-state index is -0.0784. The Hall–Kier alpha value is -1.66. The van der Waals surface area contributed by atoms with Crippen LogP contribution >= 0.6 is 0 Å². The Kier molecular flexibility index (Phi) is 6.84. The summed E-state index contributed by atoms with van der Waals surface area (Å²) in [6.07, 6.45) is 1.62. The van der Waals surface area contributed by atoms with Crippen LogP contribution in [0.4, 0.5) is 0 Å². The van der Waals surface area contributed by atoms with Crippen molar-refractivity contribution in [3.8, 4) is 5.75 Å². The van der Waals surface area contributed by atoms with Gasteiger partial charge in [0.1, 0.15) is 5.75 Å². The number of pyridine rings is 1. The van der Waals surface area contributed by atoms with Crippen LogP contribution in [0.5, 0.6) is 5.75 Å². The Morgan fingerprint density at radius 2 is 2.21 bits per heavy atom. The molecule has 1 aromatic rings. The summed E-state index contributed by atoms with van der Waals surface area (Å²) in [7, 11) is 5.05. The minimum Gasteiger partial charge on any atom is -0.482 e. The first-order chi connectivity index (χ1) is 9.13. The van der Waals surface area contributed by atoms with Gasteiger partial charge in [-0.05, 0) is 12.1 Å². The van der Waals surface area contributed by atoms with Gasteiger partial charge in [-0.3, -0.25) is 9.78 Å². The quantitative estimate of drug-likeness (QED) is 0.686. The number of aromatic nitrogens is 1. The fourth-order valence-electron chi connectivity index (χ4n) is 1.27. The normalized spacial score (nSPS) is 10.3. The van der Waals surface area contributed by atoms with E-state index in [1.54, 1.807) is 27.4 Å². The number of rotatable bonds is 8. The maximum absolute atomic E-state index is 11.3. The number of methoxy groups -OCH3 is 1. The molecule has 0 aliphatic carbocycles. The van der Waals surface area contributed by atoms with Crippen molar-refractivity contribution in [3.63, 3.8) is 0 Å². The largest absolute Gasteiger partial charge is 0.482 e. The Bertz CT molecular complexity index is 379. The van der Waals surface area contributed by atoms with Gasteiger partial charge in [0.15, 0.2) is 6.61 Å². The van der Waals surface area contributed by atoms with Gasteiger partial charge in [-0.25, -0.2) is 0 Å². The monoisotopic (exact) mass is 267 g/mol. The molecule has 0 atom stereocenters. The summed E-state index contributed by atoms with van der Waals surface area (Å²) >= 11 is 0. The van der Waals surface area contributed by atoms with Crippen LogP contribution in [0.1, 0.15) is 5.69 Å². The lowest BCUT2D eigenvalue weighted by Crippen LogP contribution is -2.27. The van der Waals surface area contributed by atoms with Gasteiger partial charge in [0, 0.05) is 34.3 Å². The average Bonchev–Trinajstić information content (AvgIpc) is 2.42. The van der Waals surface area contributed by atoms with Crippen LogP contribution in [0.15, 0.2) is 18.3 Å². The summed E-state index contributed by atoms with van der Waals surface area (Å²) < 4.78 is 10.3. The highest BCUT2D eigenvalue weighted by molar-refractivity contribution is 5.77. The van der Waals surface area contributed by atoms with Crippen molar-refractivity contribution in [3.05, 3.63) is 24.0 Å². The van der Waals surface area contributed by atoms with Crippen molar-refractivity contribution in [1.29, 1.82) is 0 Å². The molecular weight excluding hydrogens is 246 g/mol. The fourth-order valence-corrected chi connectivity index (χ4v) is 1.27. The second-order valence-electron chi connectivity index (χ2n) is 4.23. The molecule has 0 aromatic carbocycles. The highest BCUT2D eigenvalue weighted by Crippen LogP contribution is 2.09. The SMILES string of the molecule is COCCNCc1ccc(OCC(=O)N(C)C)cn1. The zero-order valence-corrected chi connectivity index (χ0v) is 11.7. The molecule has 0 unspecified atom stereocenters. The number of nitrogens with zero attached hydrogens (tertiary/aromatic N) is 2. The van der Waals surface area contributed by atoms with E-state index in [2.05, 4.69) is 10.3 Å². The number of nitrogens with one attached hydrogen (secondary N) is 1. The summed E-state index contributed by atoms with van der Waals surface area (Å²) in [5, 5.41) is 3.20. The minimum absolute atomic E-state index is 0.0279. The first kappa shape index (κ1) is 15.4. The molecule has 0 saturated carbocycles. The molecule has 19 heavy (non-hydrogen) atoms. The van der Waals surface area contributed by atoms with Crippen molar-refractivity contribution in [1.82, 2.24) is 15.2 Å². The number of likely N-dealkylation sites (N-methyl/N-ethyl adjacent to an activating group) is 1. The molecule has 0 fully saturated rings. The van der Waals surface area contributed by atoms with E-state index in [4.69, 9.17) is 9.47 Å². The number of hydrogen-bond acceptors (Lipinski definition) is 5. The highest BCUT2D eigenvalue weighted by atomic mass is 16.5. The average molecular weight is 267 g/mol. The lowest BCUT2D eigenvalue weighted by Gasteiger charge is -2.11. The van der Waals surface area contributed by atoms with Gasteiger partial charge in [0.05, 0.1) is 18.5 Å². The lowest BCUT2D eigenvalue weighted by molar-refractivity contribution is -0.130.